The average molecular weight is 226 g/mol. The summed E-state index contributed by atoms with van der Waals surface area (Å²) in [4.78, 5) is 0. The molecule has 1 aliphatic rings. The number of hydrogen-bond acceptors (Lipinski definition) is 2. The monoisotopic (exact) mass is 225 g/mol. The third kappa shape index (κ3) is 1.84. The molecule has 0 aliphatic heterocycles. The number of nitrogens with two attached hydrogens (primary N) is 1. The minimum absolute atomic E-state index is 0.125. The van der Waals surface area contributed by atoms with Crippen LogP contribution in [0.5, 0.6) is 5.75 Å². The fourth-order valence-corrected chi connectivity index (χ4v) is 2.17. The standard InChI is InChI=1S/C12H16ClNO/c1-3-8-6-9(12(14)4-5-12)7-10(13)11(8)15-2/h6-7H,3-5,14H2,1-2H3. The second-order valence-electron chi connectivity index (χ2n) is 4.16. The number of halogens is 1. The maximum Gasteiger partial charge on any atom is 0.140 e. The van der Waals surface area contributed by atoms with E-state index in [-0.39, 0.29) is 5.54 Å². The van der Waals surface area contributed by atoms with E-state index in [2.05, 4.69) is 13.0 Å². The molecule has 2 nitrogen and oxygen atoms in total. The molecule has 3 heteroatoms. The van der Waals surface area contributed by atoms with Crippen LogP contribution in [-0.2, 0) is 12.0 Å². The summed E-state index contributed by atoms with van der Waals surface area (Å²) < 4.78 is 5.28. The fraction of sp³-hybridized carbons (Fsp3) is 0.500. The van der Waals surface area contributed by atoms with Gasteiger partial charge in [0, 0.05) is 5.54 Å². The summed E-state index contributed by atoms with van der Waals surface area (Å²) in [6.07, 6.45) is 3.02. The Labute approximate surface area is 95.4 Å². The molecule has 2 N–H and O–H groups in total. The quantitative estimate of drug-likeness (QED) is 0.859. The smallest absolute Gasteiger partial charge is 0.140 e. The molecular weight excluding hydrogens is 210 g/mol. The molecule has 15 heavy (non-hydrogen) atoms. The molecule has 0 bridgehead atoms. The molecule has 0 atom stereocenters. The summed E-state index contributed by atoms with van der Waals surface area (Å²) in [6, 6.07) is 4.06. The minimum atomic E-state index is -0.125. The first-order chi connectivity index (χ1) is 7.10. The first-order valence-electron chi connectivity index (χ1n) is 5.26. The molecule has 0 spiro atoms. The topological polar surface area (TPSA) is 35.2 Å². The highest BCUT2D eigenvalue weighted by molar-refractivity contribution is 6.32. The molecule has 0 radical (unpaired) electrons. The molecule has 1 aromatic carbocycles. The molecule has 0 aromatic heterocycles. The highest BCUT2D eigenvalue weighted by Crippen LogP contribution is 2.45. The van der Waals surface area contributed by atoms with Crippen LogP contribution in [0.15, 0.2) is 12.1 Å². The van der Waals surface area contributed by atoms with Gasteiger partial charge in [-0.3, -0.25) is 0 Å². The Morgan fingerprint density at radius 2 is 2.13 bits per heavy atom. The van der Waals surface area contributed by atoms with Gasteiger partial charge in [0.1, 0.15) is 5.75 Å². The lowest BCUT2D eigenvalue weighted by molar-refractivity contribution is 0.410. The third-order valence-corrected chi connectivity index (χ3v) is 3.35. The Balaban J connectivity index is 2.48. The van der Waals surface area contributed by atoms with Crippen molar-refractivity contribution >= 4 is 11.6 Å². The van der Waals surface area contributed by atoms with E-state index in [1.807, 2.05) is 6.07 Å². The lowest BCUT2D eigenvalue weighted by atomic mass is 10.0. The van der Waals surface area contributed by atoms with E-state index in [0.717, 1.165) is 36.1 Å². The largest absolute Gasteiger partial charge is 0.495 e. The average Bonchev–Trinajstić information content (AvgIpc) is 2.96. The van der Waals surface area contributed by atoms with Gasteiger partial charge < -0.3 is 10.5 Å². The van der Waals surface area contributed by atoms with E-state index in [1.54, 1.807) is 7.11 Å². The first kappa shape index (κ1) is 10.8. The van der Waals surface area contributed by atoms with Gasteiger partial charge in [-0.15, -0.1) is 0 Å². The molecule has 1 aliphatic carbocycles. The van der Waals surface area contributed by atoms with Crippen molar-refractivity contribution in [1.29, 1.82) is 0 Å². The molecule has 0 unspecified atom stereocenters. The summed E-state index contributed by atoms with van der Waals surface area (Å²) in [6.45, 7) is 2.09. The first-order valence-corrected chi connectivity index (χ1v) is 5.64. The molecule has 1 aromatic rings. The summed E-state index contributed by atoms with van der Waals surface area (Å²) in [5.41, 5.74) is 8.31. The summed E-state index contributed by atoms with van der Waals surface area (Å²) in [7, 11) is 1.65. The zero-order valence-electron chi connectivity index (χ0n) is 9.14. The number of hydrogen-bond donors (Lipinski definition) is 1. The van der Waals surface area contributed by atoms with Crippen LogP contribution in [-0.4, -0.2) is 7.11 Å². The van der Waals surface area contributed by atoms with Crippen molar-refractivity contribution in [3.05, 3.63) is 28.3 Å². The van der Waals surface area contributed by atoms with Crippen LogP contribution in [0.1, 0.15) is 30.9 Å². The van der Waals surface area contributed by atoms with E-state index in [9.17, 15) is 0 Å². The van der Waals surface area contributed by atoms with Gasteiger partial charge in [-0.25, -0.2) is 0 Å². The van der Waals surface area contributed by atoms with Gasteiger partial charge in [0.05, 0.1) is 12.1 Å². The summed E-state index contributed by atoms with van der Waals surface area (Å²) >= 11 is 6.17. The molecular formula is C12H16ClNO. The van der Waals surface area contributed by atoms with Gasteiger partial charge in [0.25, 0.3) is 0 Å². The van der Waals surface area contributed by atoms with Gasteiger partial charge in [-0.05, 0) is 36.5 Å². The van der Waals surface area contributed by atoms with E-state index in [1.165, 1.54) is 0 Å². The van der Waals surface area contributed by atoms with Crippen LogP contribution < -0.4 is 10.5 Å². The van der Waals surface area contributed by atoms with Gasteiger partial charge >= 0.3 is 0 Å². The Morgan fingerprint density at radius 3 is 2.60 bits per heavy atom. The zero-order valence-corrected chi connectivity index (χ0v) is 9.90. The Kier molecular flexibility index (Phi) is 2.65. The van der Waals surface area contributed by atoms with Crippen molar-refractivity contribution < 1.29 is 4.74 Å². The number of methoxy groups -OCH3 is 1. The van der Waals surface area contributed by atoms with Crippen LogP contribution in [0.3, 0.4) is 0 Å². The molecule has 0 heterocycles. The Morgan fingerprint density at radius 1 is 1.47 bits per heavy atom. The molecule has 1 fully saturated rings. The van der Waals surface area contributed by atoms with Crippen LogP contribution in [0.4, 0.5) is 0 Å². The number of rotatable bonds is 3. The number of benzene rings is 1. The van der Waals surface area contributed by atoms with Crippen LogP contribution in [0.2, 0.25) is 5.02 Å². The van der Waals surface area contributed by atoms with Crippen molar-refractivity contribution in [2.45, 2.75) is 31.7 Å². The van der Waals surface area contributed by atoms with Gasteiger partial charge in [-0.2, -0.15) is 0 Å². The van der Waals surface area contributed by atoms with E-state index >= 15 is 0 Å². The molecule has 0 saturated heterocycles. The predicted molar refractivity (Wildman–Crippen MR) is 62.5 cm³/mol. The van der Waals surface area contributed by atoms with Crippen molar-refractivity contribution in [1.82, 2.24) is 0 Å². The SMILES string of the molecule is CCc1cc(C2(N)CC2)cc(Cl)c1OC. The van der Waals surface area contributed by atoms with Crippen molar-refractivity contribution in [2.75, 3.05) is 7.11 Å². The van der Waals surface area contributed by atoms with Gasteiger partial charge in [-0.1, -0.05) is 24.6 Å². The second kappa shape index (κ2) is 3.69. The molecule has 2 rings (SSSR count). The molecule has 0 amide bonds. The summed E-state index contributed by atoms with van der Waals surface area (Å²) in [5, 5.41) is 0.670. The van der Waals surface area contributed by atoms with Crippen molar-refractivity contribution in [3.8, 4) is 5.75 Å². The van der Waals surface area contributed by atoms with Crippen molar-refractivity contribution in [2.24, 2.45) is 5.73 Å². The lowest BCUT2D eigenvalue weighted by Gasteiger charge is -2.15. The lowest BCUT2D eigenvalue weighted by Crippen LogP contribution is -2.19. The van der Waals surface area contributed by atoms with Crippen LogP contribution >= 0.6 is 11.6 Å². The van der Waals surface area contributed by atoms with E-state index in [4.69, 9.17) is 22.1 Å². The van der Waals surface area contributed by atoms with E-state index in [0.29, 0.717) is 5.02 Å². The maximum atomic E-state index is 6.17. The minimum Gasteiger partial charge on any atom is -0.495 e. The Hall–Kier alpha value is -0.730. The summed E-state index contributed by atoms with van der Waals surface area (Å²) in [5.74, 6) is 0.784. The number of ether oxygens (including phenoxy) is 1. The van der Waals surface area contributed by atoms with Crippen molar-refractivity contribution in [3.63, 3.8) is 0 Å². The third-order valence-electron chi connectivity index (χ3n) is 3.07. The van der Waals surface area contributed by atoms with E-state index < -0.39 is 0 Å². The molecule has 82 valence electrons. The van der Waals surface area contributed by atoms with Gasteiger partial charge in [0.2, 0.25) is 0 Å². The normalized spacial score (nSPS) is 17.6. The number of aryl methyl sites for hydroxylation is 1. The van der Waals surface area contributed by atoms with Crippen LogP contribution in [0.25, 0.3) is 0 Å². The maximum absolute atomic E-state index is 6.17. The highest BCUT2D eigenvalue weighted by atomic mass is 35.5. The fourth-order valence-electron chi connectivity index (χ4n) is 1.85. The zero-order chi connectivity index (χ0) is 11.1. The Bertz CT molecular complexity index is 385. The predicted octanol–water partition coefficient (Wildman–Crippen LogP) is 2.86. The highest BCUT2D eigenvalue weighted by Gasteiger charge is 2.40. The second-order valence-corrected chi connectivity index (χ2v) is 4.57. The van der Waals surface area contributed by atoms with Gasteiger partial charge in [0.15, 0.2) is 0 Å². The molecule has 1 saturated carbocycles. The van der Waals surface area contributed by atoms with Crippen LogP contribution in [0, 0.1) is 0 Å².